The zero-order valence-electron chi connectivity index (χ0n) is 13.1. The van der Waals surface area contributed by atoms with Gasteiger partial charge in [0.15, 0.2) is 0 Å². The van der Waals surface area contributed by atoms with E-state index < -0.39 is 0 Å². The highest BCUT2D eigenvalue weighted by Crippen LogP contribution is 2.33. The van der Waals surface area contributed by atoms with Crippen LogP contribution in [0, 0.1) is 12.8 Å². The van der Waals surface area contributed by atoms with Gasteiger partial charge in [0, 0.05) is 24.3 Å². The standard InChI is InChI=1S/C17H28N2/c1-6-15-9-7-8-14(3)16(15)19-11-13(2)10-18-12-17(19,4)5/h7-9,13,18H,6,10-12H2,1-5H3. The quantitative estimate of drug-likeness (QED) is 0.877. The van der Waals surface area contributed by atoms with E-state index >= 15 is 0 Å². The van der Waals surface area contributed by atoms with Crippen LogP contribution >= 0.6 is 0 Å². The van der Waals surface area contributed by atoms with Crippen LogP contribution in [-0.4, -0.2) is 25.2 Å². The predicted octanol–water partition coefficient (Wildman–Crippen LogP) is 3.38. The van der Waals surface area contributed by atoms with Crippen molar-refractivity contribution in [3.63, 3.8) is 0 Å². The molecule has 0 spiro atoms. The van der Waals surface area contributed by atoms with Gasteiger partial charge in [-0.05, 0) is 50.8 Å². The lowest BCUT2D eigenvalue weighted by Crippen LogP contribution is -2.49. The molecule has 1 atom stereocenters. The molecule has 0 bridgehead atoms. The van der Waals surface area contributed by atoms with Gasteiger partial charge in [-0.15, -0.1) is 0 Å². The summed E-state index contributed by atoms with van der Waals surface area (Å²) in [6, 6.07) is 6.71. The minimum Gasteiger partial charge on any atom is -0.364 e. The third kappa shape index (κ3) is 2.94. The Kier molecular flexibility index (Phi) is 4.19. The van der Waals surface area contributed by atoms with Crippen molar-refractivity contribution in [3.8, 4) is 0 Å². The molecule has 1 N–H and O–H groups in total. The fraction of sp³-hybridized carbons (Fsp3) is 0.647. The van der Waals surface area contributed by atoms with E-state index in [1.165, 1.54) is 16.8 Å². The molecule has 1 unspecified atom stereocenters. The summed E-state index contributed by atoms with van der Waals surface area (Å²) < 4.78 is 0. The molecular formula is C17H28N2. The second kappa shape index (κ2) is 5.54. The van der Waals surface area contributed by atoms with E-state index in [1.807, 2.05) is 0 Å². The Labute approximate surface area is 118 Å². The maximum atomic E-state index is 3.60. The number of hydrogen-bond acceptors (Lipinski definition) is 2. The summed E-state index contributed by atoms with van der Waals surface area (Å²) in [7, 11) is 0. The van der Waals surface area contributed by atoms with Crippen molar-refractivity contribution in [2.45, 2.75) is 46.6 Å². The number of nitrogens with one attached hydrogen (secondary N) is 1. The highest BCUT2D eigenvalue weighted by molar-refractivity contribution is 5.61. The Morgan fingerprint density at radius 2 is 2.11 bits per heavy atom. The van der Waals surface area contributed by atoms with Crippen molar-refractivity contribution in [1.82, 2.24) is 5.32 Å². The van der Waals surface area contributed by atoms with Crippen LogP contribution in [0.5, 0.6) is 0 Å². The van der Waals surface area contributed by atoms with Crippen LogP contribution in [0.3, 0.4) is 0 Å². The number of anilines is 1. The van der Waals surface area contributed by atoms with E-state index in [-0.39, 0.29) is 5.54 Å². The normalized spacial score (nSPS) is 23.2. The number of rotatable bonds is 2. The first kappa shape index (κ1) is 14.4. The molecule has 1 heterocycles. The zero-order chi connectivity index (χ0) is 14.0. The molecule has 1 aliphatic rings. The Morgan fingerprint density at radius 1 is 1.37 bits per heavy atom. The molecule has 0 radical (unpaired) electrons. The summed E-state index contributed by atoms with van der Waals surface area (Å²) in [5.74, 6) is 0.686. The fourth-order valence-electron chi connectivity index (χ4n) is 3.13. The minimum atomic E-state index is 0.167. The third-order valence-corrected chi connectivity index (χ3v) is 4.25. The topological polar surface area (TPSA) is 15.3 Å². The van der Waals surface area contributed by atoms with Crippen molar-refractivity contribution >= 4 is 5.69 Å². The molecule has 0 amide bonds. The predicted molar refractivity (Wildman–Crippen MR) is 84.0 cm³/mol. The first-order valence-corrected chi connectivity index (χ1v) is 7.52. The van der Waals surface area contributed by atoms with Gasteiger partial charge in [0.05, 0.1) is 0 Å². The van der Waals surface area contributed by atoms with Crippen LogP contribution in [-0.2, 0) is 6.42 Å². The maximum absolute atomic E-state index is 3.60. The van der Waals surface area contributed by atoms with E-state index in [4.69, 9.17) is 0 Å². The van der Waals surface area contributed by atoms with Gasteiger partial charge in [-0.3, -0.25) is 0 Å². The van der Waals surface area contributed by atoms with Gasteiger partial charge < -0.3 is 10.2 Å². The van der Waals surface area contributed by atoms with Gasteiger partial charge in [0.25, 0.3) is 0 Å². The van der Waals surface area contributed by atoms with Crippen LogP contribution in [0.4, 0.5) is 5.69 Å². The molecule has 106 valence electrons. The first-order valence-electron chi connectivity index (χ1n) is 7.52. The Bertz CT molecular complexity index is 437. The van der Waals surface area contributed by atoms with Crippen molar-refractivity contribution in [3.05, 3.63) is 29.3 Å². The molecule has 0 aromatic heterocycles. The summed E-state index contributed by atoms with van der Waals surface area (Å²) in [4.78, 5) is 2.63. The summed E-state index contributed by atoms with van der Waals surface area (Å²) in [6.45, 7) is 14.8. The monoisotopic (exact) mass is 260 g/mol. The van der Waals surface area contributed by atoms with Crippen molar-refractivity contribution < 1.29 is 0 Å². The first-order chi connectivity index (χ1) is 8.95. The second-order valence-corrected chi connectivity index (χ2v) is 6.60. The average Bonchev–Trinajstić information content (AvgIpc) is 2.48. The van der Waals surface area contributed by atoms with E-state index in [0.717, 1.165) is 26.1 Å². The van der Waals surface area contributed by atoms with Gasteiger partial charge >= 0.3 is 0 Å². The Hall–Kier alpha value is -1.02. The minimum absolute atomic E-state index is 0.167. The van der Waals surface area contributed by atoms with E-state index in [2.05, 4.69) is 63.0 Å². The van der Waals surface area contributed by atoms with Crippen LogP contribution in [0.1, 0.15) is 38.8 Å². The summed E-state index contributed by atoms with van der Waals surface area (Å²) >= 11 is 0. The third-order valence-electron chi connectivity index (χ3n) is 4.25. The fourth-order valence-corrected chi connectivity index (χ4v) is 3.13. The van der Waals surface area contributed by atoms with Crippen molar-refractivity contribution in [2.75, 3.05) is 24.5 Å². The highest BCUT2D eigenvalue weighted by Gasteiger charge is 2.32. The second-order valence-electron chi connectivity index (χ2n) is 6.60. The van der Waals surface area contributed by atoms with Gasteiger partial charge in [-0.25, -0.2) is 0 Å². The van der Waals surface area contributed by atoms with Crippen LogP contribution in [0.2, 0.25) is 0 Å². The van der Waals surface area contributed by atoms with E-state index in [9.17, 15) is 0 Å². The molecule has 1 aromatic carbocycles. The number of benzene rings is 1. The number of hydrogen-bond donors (Lipinski definition) is 1. The van der Waals surface area contributed by atoms with Crippen LogP contribution in [0.25, 0.3) is 0 Å². The SMILES string of the molecule is CCc1cccc(C)c1N1CC(C)CNCC1(C)C. The number of nitrogens with zero attached hydrogens (tertiary/aromatic N) is 1. The molecule has 1 saturated heterocycles. The lowest BCUT2D eigenvalue weighted by Gasteiger charge is -2.41. The molecule has 1 fully saturated rings. The average molecular weight is 260 g/mol. The van der Waals surface area contributed by atoms with E-state index in [0.29, 0.717) is 5.92 Å². The number of aryl methyl sites for hydroxylation is 2. The van der Waals surface area contributed by atoms with Gasteiger partial charge in [-0.1, -0.05) is 32.0 Å². The van der Waals surface area contributed by atoms with Crippen molar-refractivity contribution in [1.29, 1.82) is 0 Å². The highest BCUT2D eigenvalue weighted by atomic mass is 15.2. The molecule has 19 heavy (non-hydrogen) atoms. The van der Waals surface area contributed by atoms with Gasteiger partial charge in [0.1, 0.15) is 0 Å². The zero-order valence-corrected chi connectivity index (χ0v) is 13.1. The number of para-hydroxylation sites is 1. The van der Waals surface area contributed by atoms with Crippen LogP contribution in [0.15, 0.2) is 18.2 Å². The summed E-state index contributed by atoms with van der Waals surface area (Å²) in [5, 5.41) is 3.60. The molecule has 1 aliphatic heterocycles. The molecular weight excluding hydrogens is 232 g/mol. The molecule has 1 aromatic rings. The summed E-state index contributed by atoms with van der Waals surface area (Å²) in [6.07, 6.45) is 1.10. The molecule has 2 nitrogen and oxygen atoms in total. The Balaban J connectivity index is 2.47. The molecule has 0 aliphatic carbocycles. The molecule has 2 rings (SSSR count). The lowest BCUT2D eigenvalue weighted by molar-refractivity contribution is 0.458. The smallest absolute Gasteiger partial charge is 0.0470 e. The molecule has 2 heteroatoms. The summed E-state index contributed by atoms with van der Waals surface area (Å²) in [5.41, 5.74) is 4.51. The van der Waals surface area contributed by atoms with E-state index in [1.54, 1.807) is 0 Å². The lowest BCUT2D eigenvalue weighted by atomic mass is 9.96. The van der Waals surface area contributed by atoms with Crippen molar-refractivity contribution in [2.24, 2.45) is 5.92 Å². The van der Waals surface area contributed by atoms with Gasteiger partial charge in [0.2, 0.25) is 0 Å². The maximum Gasteiger partial charge on any atom is 0.0470 e. The Morgan fingerprint density at radius 3 is 2.79 bits per heavy atom. The molecule has 0 saturated carbocycles. The van der Waals surface area contributed by atoms with Crippen LogP contribution < -0.4 is 10.2 Å². The van der Waals surface area contributed by atoms with Gasteiger partial charge in [-0.2, -0.15) is 0 Å². The largest absolute Gasteiger partial charge is 0.364 e.